The fourth-order valence-electron chi connectivity index (χ4n) is 10.2. The van der Waals surface area contributed by atoms with Gasteiger partial charge < -0.3 is 45.9 Å². The topological polar surface area (TPSA) is 228 Å². The van der Waals surface area contributed by atoms with Crippen molar-refractivity contribution in [1.29, 1.82) is 0 Å². The molecule has 4 aromatic rings. The molecule has 4 aromatic carbocycles. The Hall–Kier alpha value is -6.49. The minimum Gasteiger partial charge on any atom is -0.484 e. The molecule has 0 aromatic heterocycles. The van der Waals surface area contributed by atoms with Crippen LogP contribution in [0.1, 0.15) is 77.6 Å². The number of halogens is 2. The van der Waals surface area contributed by atoms with Crippen LogP contribution in [0.15, 0.2) is 91.0 Å². The van der Waals surface area contributed by atoms with Gasteiger partial charge in [-0.25, -0.2) is 4.79 Å². The summed E-state index contributed by atoms with van der Waals surface area (Å²) in [5.74, 6) is -2.74. The molecule has 5 amide bonds. The fraction of sp³-hybridized carbons (Fsp3) is 0.404. The third-order valence-corrected chi connectivity index (χ3v) is 14.5. The molecule has 16 nitrogen and oxygen atoms in total. The molecule has 2 saturated carbocycles. The molecule has 0 aliphatic heterocycles. The highest BCUT2D eigenvalue weighted by Gasteiger charge is 2.54. The molecule has 18 heteroatoms. The molecular formula is C52H57Cl2N5O11. The standard InChI is InChI=1S/C52H57Cl2N5O11/c1-52-22-21-36-35-18-16-34(25-32(35)13-17-37(36)38(52)19-20-43(52)60)69-29-46(63)59-42(24-31-11-14-33(15-12-31)70-51(67)48-39(53)9-6-10-40(48)54)49(65)56-26-44(61)55-27-45(62)58-41(23-30-7-4-3-5-8-30)50(66)57-28-47(64)68-2/h3-12,14-16,18,25,36-38,41-43,60H,13,17,19-24,26-29H2,1-2H3,(H,55,61)(H,56,65)(H,57,66)(H,58,62)(H,59,63)/t36-,37-,38+,41+,42+,43+,52+/m1/s1. The normalized spacial score (nSPS) is 20.7. The predicted molar refractivity (Wildman–Crippen MR) is 259 cm³/mol. The van der Waals surface area contributed by atoms with Gasteiger partial charge in [0.25, 0.3) is 5.91 Å². The average Bonchev–Trinajstić information content (AvgIpc) is 3.66. The molecule has 2 fully saturated rings. The summed E-state index contributed by atoms with van der Waals surface area (Å²) < 4.78 is 16.0. The van der Waals surface area contributed by atoms with Gasteiger partial charge >= 0.3 is 11.9 Å². The van der Waals surface area contributed by atoms with Crippen molar-refractivity contribution in [3.8, 4) is 11.5 Å². The first-order valence-electron chi connectivity index (χ1n) is 23.3. The Bertz CT molecular complexity index is 2560. The molecule has 7 rings (SSSR count). The number of carbonyl (C=O) groups excluding carboxylic acids is 7. The van der Waals surface area contributed by atoms with Crippen LogP contribution in [0, 0.1) is 17.3 Å². The lowest BCUT2D eigenvalue weighted by atomic mass is 9.55. The summed E-state index contributed by atoms with van der Waals surface area (Å²) in [6.45, 7) is 0.314. The summed E-state index contributed by atoms with van der Waals surface area (Å²) in [6.07, 6.45) is 5.63. The molecule has 3 aliphatic rings. The van der Waals surface area contributed by atoms with Crippen molar-refractivity contribution in [1.82, 2.24) is 26.6 Å². The molecule has 0 unspecified atom stereocenters. The zero-order chi connectivity index (χ0) is 50.0. The SMILES string of the molecule is COC(=O)CNC(=O)[C@H](Cc1ccccc1)NC(=O)CNC(=O)CNC(=O)[C@H](Cc1ccc(OC(=O)c2c(Cl)cccc2Cl)cc1)NC(=O)COc1ccc2c(c1)CC[C@@H]1[C@@H]2CC[C@]2(C)[C@@H](O)CC[C@@H]12. The molecule has 0 bridgehead atoms. The summed E-state index contributed by atoms with van der Waals surface area (Å²) in [5, 5.41) is 23.7. The zero-order valence-corrected chi connectivity index (χ0v) is 40.4. The van der Waals surface area contributed by atoms with E-state index in [0.29, 0.717) is 29.1 Å². The highest BCUT2D eigenvalue weighted by atomic mass is 35.5. The number of amides is 5. The van der Waals surface area contributed by atoms with Crippen LogP contribution in [0.4, 0.5) is 0 Å². The zero-order valence-electron chi connectivity index (χ0n) is 38.9. The number of hydrogen-bond acceptors (Lipinski definition) is 11. The summed E-state index contributed by atoms with van der Waals surface area (Å²) in [6, 6.07) is 23.3. The van der Waals surface area contributed by atoms with E-state index in [0.717, 1.165) is 44.1 Å². The number of aliphatic hydroxyl groups is 1. The number of fused-ring (bicyclic) bond motifs is 5. The van der Waals surface area contributed by atoms with Gasteiger partial charge in [0.2, 0.25) is 23.6 Å². The van der Waals surface area contributed by atoms with E-state index in [1.165, 1.54) is 42.5 Å². The number of hydrogen-bond donors (Lipinski definition) is 6. The largest absolute Gasteiger partial charge is 0.484 e. The second-order valence-electron chi connectivity index (χ2n) is 18.3. The smallest absolute Gasteiger partial charge is 0.346 e. The van der Waals surface area contributed by atoms with Crippen LogP contribution in [-0.2, 0) is 52.8 Å². The van der Waals surface area contributed by atoms with E-state index in [2.05, 4.69) is 44.3 Å². The molecule has 0 saturated heterocycles. The van der Waals surface area contributed by atoms with Crippen LogP contribution in [0.3, 0.4) is 0 Å². The molecule has 0 radical (unpaired) electrons. The number of ether oxygens (including phenoxy) is 3. The fourth-order valence-corrected chi connectivity index (χ4v) is 10.7. The van der Waals surface area contributed by atoms with Crippen LogP contribution in [0.5, 0.6) is 11.5 Å². The van der Waals surface area contributed by atoms with E-state index >= 15 is 0 Å². The van der Waals surface area contributed by atoms with Gasteiger partial charge in [0.05, 0.1) is 41.9 Å². The highest BCUT2D eigenvalue weighted by Crippen LogP contribution is 2.61. The van der Waals surface area contributed by atoms with Gasteiger partial charge in [-0.05, 0) is 120 Å². The van der Waals surface area contributed by atoms with Crippen molar-refractivity contribution >= 4 is 64.7 Å². The minimum absolute atomic E-state index is 0.000369. The molecule has 370 valence electrons. The van der Waals surface area contributed by atoms with Crippen molar-refractivity contribution in [2.24, 2.45) is 17.3 Å². The monoisotopic (exact) mass is 997 g/mol. The van der Waals surface area contributed by atoms with E-state index in [1.807, 2.05) is 12.1 Å². The average molecular weight is 999 g/mol. The number of benzene rings is 4. The first-order valence-corrected chi connectivity index (χ1v) is 24.1. The van der Waals surface area contributed by atoms with Crippen molar-refractivity contribution in [3.05, 3.63) is 129 Å². The Balaban J connectivity index is 0.961. The van der Waals surface area contributed by atoms with E-state index < -0.39 is 79.8 Å². The first kappa shape index (κ1) is 51.4. The van der Waals surface area contributed by atoms with Gasteiger partial charge in [0.1, 0.15) is 30.1 Å². The van der Waals surface area contributed by atoms with Gasteiger partial charge in [-0.3, -0.25) is 28.8 Å². The Morgan fingerprint density at radius 2 is 1.33 bits per heavy atom. The second-order valence-corrected chi connectivity index (χ2v) is 19.1. The molecule has 3 aliphatic carbocycles. The highest BCUT2D eigenvalue weighted by molar-refractivity contribution is 6.39. The third-order valence-electron chi connectivity index (χ3n) is 13.8. The van der Waals surface area contributed by atoms with Crippen molar-refractivity contribution in [2.75, 3.05) is 33.4 Å². The van der Waals surface area contributed by atoms with Gasteiger partial charge in [-0.1, -0.05) is 84.7 Å². The summed E-state index contributed by atoms with van der Waals surface area (Å²) in [7, 11) is 1.18. The first-order chi connectivity index (χ1) is 33.6. The third kappa shape index (κ3) is 12.8. The summed E-state index contributed by atoms with van der Waals surface area (Å²) >= 11 is 12.4. The van der Waals surface area contributed by atoms with Crippen molar-refractivity contribution in [3.63, 3.8) is 0 Å². The summed E-state index contributed by atoms with van der Waals surface area (Å²) in [5.41, 5.74) is 3.76. The number of methoxy groups -OCH3 is 1. The quantitative estimate of drug-likeness (QED) is 0.0554. The molecule has 6 N–H and O–H groups in total. The van der Waals surface area contributed by atoms with E-state index in [-0.39, 0.29) is 45.7 Å². The predicted octanol–water partition coefficient (Wildman–Crippen LogP) is 4.79. The van der Waals surface area contributed by atoms with Crippen LogP contribution in [0.2, 0.25) is 10.0 Å². The van der Waals surface area contributed by atoms with E-state index in [9.17, 15) is 38.7 Å². The lowest BCUT2D eigenvalue weighted by molar-refractivity contribution is -0.141. The lowest BCUT2D eigenvalue weighted by Gasteiger charge is -2.50. The van der Waals surface area contributed by atoms with Crippen molar-refractivity contribution < 1.29 is 52.9 Å². The second kappa shape index (κ2) is 23.4. The number of nitrogens with one attached hydrogen (secondary N) is 5. The Kier molecular flexibility index (Phi) is 17.2. The number of carbonyl (C=O) groups is 7. The maximum atomic E-state index is 13.7. The number of esters is 2. The van der Waals surface area contributed by atoms with Gasteiger partial charge in [-0.2, -0.15) is 0 Å². The van der Waals surface area contributed by atoms with E-state index in [1.54, 1.807) is 48.5 Å². The number of aliphatic hydroxyl groups excluding tert-OH is 1. The van der Waals surface area contributed by atoms with Gasteiger partial charge in [0.15, 0.2) is 6.61 Å². The van der Waals surface area contributed by atoms with Gasteiger partial charge in [-0.15, -0.1) is 0 Å². The maximum Gasteiger partial charge on any atom is 0.346 e. The minimum atomic E-state index is -1.21. The van der Waals surface area contributed by atoms with E-state index in [4.69, 9.17) is 32.7 Å². The lowest BCUT2D eigenvalue weighted by Crippen LogP contribution is -2.53. The Labute approximate surface area is 415 Å². The molecule has 0 spiro atoms. The molecule has 0 heterocycles. The van der Waals surface area contributed by atoms with Gasteiger partial charge in [0, 0.05) is 12.8 Å². The molecular weight excluding hydrogens is 942 g/mol. The number of aryl methyl sites for hydroxylation is 1. The molecule has 70 heavy (non-hydrogen) atoms. The maximum absolute atomic E-state index is 13.7. The van der Waals surface area contributed by atoms with Crippen LogP contribution < -0.4 is 36.1 Å². The number of rotatable bonds is 19. The molecule has 7 atom stereocenters. The summed E-state index contributed by atoms with van der Waals surface area (Å²) in [4.78, 5) is 90.6. The van der Waals surface area contributed by atoms with Crippen molar-refractivity contribution in [2.45, 2.75) is 82.4 Å². The van der Waals surface area contributed by atoms with Crippen LogP contribution in [0.25, 0.3) is 0 Å². The van der Waals surface area contributed by atoms with Crippen LogP contribution in [-0.4, -0.2) is 98.1 Å². The van der Waals surface area contributed by atoms with Crippen LogP contribution >= 0.6 is 23.2 Å². The Morgan fingerprint density at radius 1 is 0.700 bits per heavy atom. The Morgan fingerprint density at radius 3 is 2.01 bits per heavy atom.